The molecule has 1 aliphatic heterocycles. The molecular formula is C20H20N2O4S. The van der Waals surface area contributed by atoms with Crippen molar-refractivity contribution in [1.82, 2.24) is 5.32 Å². The standard InChI is InChI=1S/C20H20N2O4S/c1-11-3-5-14(20(21)23)12(2)19(11)27(24,25)13-4-6-15-16-7-8-22-10-18(16)26-17(15)9-13/h3-6,9,22H,7-8,10H2,1-2H3,(H2,21,23). The largest absolute Gasteiger partial charge is 0.459 e. The van der Waals surface area contributed by atoms with Crippen LogP contribution in [0.3, 0.4) is 0 Å². The van der Waals surface area contributed by atoms with Crippen LogP contribution in [0.5, 0.6) is 0 Å². The summed E-state index contributed by atoms with van der Waals surface area (Å²) in [5, 5.41) is 4.20. The molecule has 1 amide bonds. The monoisotopic (exact) mass is 384 g/mol. The van der Waals surface area contributed by atoms with Crippen molar-refractivity contribution in [2.75, 3.05) is 6.54 Å². The van der Waals surface area contributed by atoms with Gasteiger partial charge in [0, 0.05) is 22.6 Å². The van der Waals surface area contributed by atoms with E-state index in [4.69, 9.17) is 10.2 Å². The third-order valence-electron chi connectivity index (χ3n) is 5.13. The van der Waals surface area contributed by atoms with E-state index >= 15 is 0 Å². The average Bonchev–Trinajstić information content (AvgIpc) is 2.99. The molecule has 1 aromatic heterocycles. The number of carbonyl (C=O) groups excluding carboxylic acids is 1. The fraction of sp³-hybridized carbons (Fsp3) is 0.250. The average molecular weight is 384 g/mol. The van der Waals surface area contributed by atoms with Gasteiger partial charge in [0.15, 0.2) is 0 Å². The van der Waals surface area contributed by atoms with Gasteiger partial charge in [-0.25, -0.2) is 8.42 Å². The Morgan fingerprint density at radius 3 is 2.70 bits per heavy atom. The van der Waals surface area contributed by atoms with E-state index in [1.54, 1.807) is 44.2 Å². The van der Waals surface area contributed by atoms with Crippen molar-refractivity contribution in [3.63, 3.8) is 0 Å². The van der Waals surface area contributed by atoms with Gasteiger partial charge in [0.25, 0.3) is 0 Å². The minimum Gasteiger partial charge on any atom is -0.459 e. The molecule has 0 atom stereocenters. The minimum atomic E-state index is -3.83. The van der Waals surface area contributed by atoms with E-state index in [1.165, 1.54) is 0 Å². The summed E-state index contributed by atoms with van der Waals surface area (Å²) >= 11 is 0. The highest BCUT2D eigenvalue weighted by molar-refractivity contribution is 7.91. The summed E-state index contributed by atoms with van der Waals surface area (Å²) in [5.41, 5.74) is 8.23. The van der Waals surface area contributed by atoms with Crippen molar-refractivity contribution in [3.8, 4) is 0 Å². The summed E-state index contributed by atoms with van der Waals surface area (Å²) in [4.78, 5) is 11.9. The Labute approximate surface area is 157 Å². The van der Waals surface area contributed by atoms with Crippen LogP contribution in [0.25, 0.3) is 11.0 Å². The molecule has 6 nitrogen and oxygen atoms in total. The molecule has 4 rings (SSSR count). The number of carbonyl (C=O) groups is 1. The van der Waals surface area contributed by atoms with Crippen LogP contribution in [-0.4, -0.2) is 20.9 Å². The molecule has 0 radical (unpaired) electrons. The summed E-state index contributed by atoms with van der Waals surface area (Å²) in [6.07, 6.45) is 0.854. The number of benzene rings is 2. The molecule has 27 heavy (non-hydrogen) atoms. The Morgan fingerprint density at radius 1 is 1.19 bits per heavy atom. The second kappa shape index (κ2) is 6.21. The first-order valence-electron chi connectivity index (χ1n) is 8.71. The summed E-state index contributed by atoms with van der Waals surface area (Å²) in [7, 11) is -3.83. The fourth-order valence-corrected chi connectivity index (χ4v) is 5.56. The van der Waals surface area contributed by atoms with Gasteiger partial charge >= 0.3 is 0 Å². The van der Waals surface area contributed by atoms with Gasteiger partial charge < -0.3 is 15.5 Å². The van der Waals surface area contributed by atoms with E-state index < -0.39 is 15.7 Å². The lowest BCUT2D eigenvalue weighted by molar-refractivity contribution is 0.0999. The smallest absolute Gasteiger partial charge is 0.249 e. The number of hydrogen-bond acceptors (Lipinski definition) is 5. The van der Waals surface area contributed by atoms with Crippen LogP contribution in [0.4, 0.5) is 0 Å². The van der Waals surface area contributed by atoms with Crippen LogP contribution in [0.1, 0.15) is 32.8 Å². The molecule has 3 aromatic rings. The number of nitrogens with two attached hydrogens (primary N) is 1. The Morgan fingerprint density at radius 2 is 1.96 bits per heavy atom. The van der Waals surface area contributed by atoms with Crippen LogP contribution in [0.15, 0.2) is 44.5 Å². The maximum atomic E-state index is 13.3. The minimum absolute atomic E-state index is 0.121. The molecule has 0 bridgehead atoms. The highest BCUT2D eigenvalue weighted by Gasteiger charge is 2.26. The number of nitrogens with one attached hydrogen (secondary N) is 1. The second-order valence-corrected chi connectivity index (χ2v) is 8.73. The zero-order valence-electron chi connectivity index (χ0n) is 15.1. The molecule has 0 spiro atoms. The SMILES string of the molecule is Cc1ccc(C(N)=O)c(C)c1S(=O)(=O)c1ccc2c3c(oc2c1)CNCC3. The van der Waals surface area contributed by atoms with Crippen molar-refractivity contribution in [2.24, 2.45) is 5.73 Å². The Balaban J connectivity index is 1.90. The molecule has 0 unspecified atom stereocenters. The van der Waals surface area contributed by atoms with Gasteiger partial charge in [0.05, 0.1) is 16.3 Å². The lowest BCUT2D eigenvalue weighted by atomic mass is 10.1. The van der Waals surface area contributed by atoms with Gasteiger partial charge in [-0.05, 0) is 56.1 Å². The normalized spacial score (nSPS) is 14.3. The Hall–Kier alpha value is -2.64. The number of aryl methyl sites for hydroxylation is 1. The Bertz CT molecular complexity index is 1190. The highest BCUT2D eigenvalue weighted by Crippen LogP contribution is 2.34. The lowest BCUT2D eigenvalue weighted by Gasteiger charge is -2.13. The lowest BCUT2D eigenvalue weighted by Crippen LogP contribution is -2.22. The van der Waals surface area contributed by atoms with E-state index in [9.17, 15) is 13.2 Å². The van der Waals surface area contributed by atoms with Crippen LogP contribution < -0.4 is 11.1 Å². The first-order valence-corrected chi connectivity index (χ1v) is 10.2. The van der Waals surface area contributed by atoms with Gasteiger partial charge in [-0.15, -0.1) is 0 Å². The third kappa shape index (κ3) is 2.74. The van der Waals surface area contributed by atoms with Crippen LogP contribution in [0, 0.1) is 13.8 Å². The van der Waals surface area contributed by atoms with Crippen LogP contribution in [-0.2, 0) is 22.8 Å². The number of amides is 1. The number of primary amides is 1. The second-order valence-electron chi connectivity index (χ2n) is 6.84. The molecule has 0 saturated carbocycles. The number of furan rings is 1. The predicted molar refractivity (Wildman–Crippen MR) is 102 cm³/mol. The number of hydrogen-bond donors (Lipinski definition) is 2. The van der Waals surface area contributed by atoms with Crippen molar-refractivity contribution in [3.05, 3.63) is 58.3 Å². The quantitative estimate of drug-likeness (QED) is 0.723. The van der Waals surface area contributed by atoms with Crippen molar-refractivity contribution < 1.29 is 17.6 Å². The van der Waals surface area contributed by atoms with Gasteiger partial charge in [-0.2, -0.15) is 0 Å². The van der Waals surface area contributed by atoms with Crippen molar-refractivity contribution in [2.45, 2.75) is 36.6 Å². The van der Waals surface area contributed by atoms with Gasteiger partial charge in [0.1, 0.15) is 11.3 Å². The maximum Gasteiger partial charge on any atom is 0.249 e. The zero-order valence-corrected chi connectivity index (χ0v) is 15.9. The van der Waals surface area contributed by atoms with Crippen molar-refractivity contribution >= 4 is 26.7 Å². The summed E-state index contributed by atoms with van der Waals surface area (Å²) in [6, 6.07) is 8.14. The van der Waals surface area contributed by atoms with Crippen molar-refractivity contribution in [1.29, 1.82) is 0 Å². The molecule has 0 fully saturated rings. The van der Waals surface area contributed by atoms with E-state index in [-0.39, 0.29) is 15.4 Å². The molecule has 3 N–H and O–H groups in total. The predicted octanol–water partition coefficient (Wildman–Crippen LogP) is 2.63. The molecule has 0 aliphatic carbocycles. The van der Waals surface area contributed by atoms with E-state index in [0.717, 1.165) is 29.7 Å². The molecule has 140 valence electrons. The highest BCUT2D eigenvalue weighted by atomic mass is 32.2. The number of sulfone groups is 1. The number of fused-ring (bicyclic) bond motifs is 3. The van der Waals surface area contributed by atoms with Crippen LogP contribution in [0.2, 0.25) is 0 Å². The van der Waals surface area contributed by atoms with Crippen LogP contribution >= 0.6 is 0 Å². The maximum absolute atomic E-state index is 13.3. The molecule has 7 heteroatoms. The summed E-state index contributed by atoms with van der Waals surface area (Å²) < 4.78 is 32.5. The summed E-state index contributed by atoms with van der Waals surface area (Å²) in [5.74, 6) is 0.208. The van der Waals surface area contributed by atoms with Gasteiger partial charge in [-0.3, -0.25) is 4.79 Å². The number of rotatable bonds is 3. The molecular weight excluding hydrogens is 364 g/mol. The molecule has 1 aliphatic rings. The zero-order chi connectivity index (χ0) is 19.3. The molecule has 2 aromatic carbocycles. The first-order chi connectivity index (χ1) is 12.8. The third-order valence-corrected chi connectivity index (χ3v) is 7.17. The Kier molecular flexibility index (Phi) is 4.09. The topological polar surface area (TPSA) is 102 Å². The fourth-order valence-electron chi connectivity index (χ4n) is 3.81. The van der Waals surface area contributed by atoms with Gasteiger partial charge in [0.2, 0.25) is 15.7 Å². The van der Waals surface area contributed by atoms with E-state index in [1.807, 2.05) is 0 Å². The molecule has 2 heterocycles. The van der Waals surface area contributed by atoms with Gasteiger partial charge in [-0.1, -0.05) is 6.07 Å². The summed E-state index contributed by atoms with van der Waals surface area (Å²) in [6.45, 7) is 4.83. The first kappa shape index (κ1) is 17.8. The molecule has 0 saturated heterocycles. The van der Waals surface area contributed by atoms with E-state index in [2.05, 4.69) is 5.32 Å². The van der Waals surface area contributed by atoms with E-state index in [0.29, 0.717) is 23.3 Å².